The second-order valence-corrected chi connectivity index (χ2v) is 2.68. The molecule has 13 heavy (non-hydrogen) atoms. The highest BCUT2D eigenvalue weighted by Crippen LogP contribution is 2.10. The molecule has 2 heterocycles. The molecule has 0 spiro atoms. The van der Waals surface area contributed by atoms with Crippen molar-refractivity contribution >= 4 is 16.8 Å². The molecule has 0 N–H and O–H groups in total. The van der Waals surface area contributed by atoms with E-state index in [0.29, 0.717) is 16.3 Å². The molecular formula is C10H6O3. The summed E-state index contributed by atoms with van der Waals surface area (Å²) >= 11 is 0. The minimum atomic E-state index is -0.611. The molecule has 0 aliphatic heterocycles. The van der Waals surface area contributed by atoms with E-state index in [4.69, 9.17) is 0 Å². The molecule has 64 valence electrons. The maximum atomic E-state index is 11.2. The van der Waals surface area contributed by atoms with E-state index < -0.39 is 11.3 Å². The van der Waals surface area contributed by atoms with Crippen molar-refractivity contribution in [1.82, 2.24) is 0 Å². The van der Waals surface area contributed by atoms with Crippen LogP contribution in [0.5, 0.6) is 0 Å². The van der Waals surface area contributed by atoms with Crippen LogP contribution in [0.1, 0.15) is 5.56 Å². The van der Waals surface area contributed by atoms with Gasteiger partial charge < -0.3 is 4.42 Å². The van der Waals surface area contributed by atoms with Gasteiger partial charge in [-0.1, -0.05) is 12.7 Å². The fourth-order valence-electron chi connectivity index (χ4n) is 1.24. The highest BCUT2D eigenvalue weighted by molar-refractivity contribution is 5.76. The van der Waals surface area contributed by atoms with Crippen LogP contribution in [0.4, 0.5) is 0 Å². The van der Waals surface area contributed by atoms with Crippen molar-refractivity contribution < 1.29 is 4.42 Å². The lowest BCUT2D eigenvalue weighted by atomic mass is 10.1. The van der Waals surface area contributed by atoms with E-state index >= 15 is 0 Å². The molecule has 0 radical (unpaired) electrons. The van der Waals surface area contributed by atoms with E-state index in [9.17, 15) is 9.59 Å². The third-order valence-electron chi connectivity index (χ3n) is 1.91. The maximum absolute atomic E-state index is 11.2. The molecule has 0 aliphatic carbocycles. The standard InChI is InChI=1S/C10H6O3/c1-2-6-5-7-3-4-8(6)10(12)13-9(7)11/h2-5H,1H2. The van der Waals surface area contributed by atoms with Crippen LogP contribution in [0.15, 0.2) is 38.8 Å². The lowest BCUT2D eigenvalue weighted by Gasteiger charge is -1.90. The molecule has 3 aromatic rings. The van der Waals surface area contributed by atoms with E-state index in [2.05, 4.69) is 11.0 Å². The summed E-state index contributed by atoms with van der Waals surface area (Å²) in [6, 6.07) is 4.73. The van der Waals surface area contributed by atoms with Crippen molar-refractivity contribution in [2.75, 3.05) is 0 Å². The van der Waals surface area contributed by atoms with Crippen molar-refractivity contribution in [2.45, 2.75) is 0 Å². The molecule has 2 aromatic heterocycles. The number of benzene rings is 1. The quantitative estimate of drug-likeness (QED) is 0.653. The molecule has 1 aromatic carbocycles. The Balaban J connectivity index is 3.19. The first kappa shape index (κ1) is 7.73. The second-order valence-electron chi connectivity index (χ2n) is 2.68. The summed E-state index contributed by atoms with van der Waals surface area (Å²) in [5.74, 6) is 0. The molecule has 0 atom stereocenters. The number of fused-ring (bicyclic) bond motifs is 4. The lowest BCUT2D eigenvalue weighted by molar-refractivity contribution is 0.492. The number of hydrogen-bond donors (Lipinski definition) is 0. The van der Waals surface area contributed by atoms with Crippen LogP contribution in [-0.2, 0) is 0 Å². The molecule has 3 heteroatoms. The monoisotopic (exact) mass is 174 g/mol. The van der Waals surface area contributed by atoms with Gasteiger partial charge in [0.2, 0.25) is 0 Å². The Morgan fingerprint density at radius 2 is 2.00 bits per heavy atom. The number of rotatable bonds is 1. The number of hydrogen-bond acceptors (Lipinski definition) is 3. The molecule has 3 rings (SSSR count). The third-order valence-corrected chi connectivity index (χ3v) is 1.91. The molecule has 0 saturated carbocycles. The van der Waals surface area contributed by atoms with Gasteiger partial charge in [0.1, 0.15) is 0 Å². The van der Waals surface area contributed by atoms with Crippen LogP contribution in [0, 0.1) is 0 Å². The van der Waals surface area contributed by atoms with Crippen molar-refractivity contribution in [1.29, 1.82) is 0 Å². The first-order valence-electron chi connectivity index (χ1n) is 3.75. The van der Waals surface area contributed by atoms with Crippen molar-refractivity contribution in [3.05, 3.63) is 51.2 Å². The van der Waals surface area contributed by atoms with Gasteiger partial charge >= 0.3 is 11.3 Å². The van der Waals surface area contributed by atoms with Gasteiger partial charge in [0.05, 0.1) is 10.8 Å². The molecule has 3 nitrogen and oxygen atoms in total. The van der Waals surface area contributed by atoms with Gasteiger partial charge in [-0.15, -0.1) is 0 Å². The van der Waals surface area contributed by atoms with Crippen molar-refractivity contribution in [2.24, 2.45) is 0 Å². The Morgan fingerprint density at radius 3 is 2.69 bits per heavy atom. The Bertz CT molecular complexity index is 566. The molecule has 2 bridgehead atoms. The summed E-state index contributed by atoms with van der Waals surface area (Å²) in [7, 11) is 0. The minimum absolute atomic E-state index is 0.379. The summed E-state index contributed by atoms with van der Waals surface area (Å²) in [4.78, 5) is 22.3. The Hall–Kier alpha value is -1.90. The van der Waals surface area contributed by atoms with Crippen LogP contribution in [0.2, 0.25) is 0 Å². The summed E-state index contributed by atoms with van der Waals surface area (Å²) in [6.45, 7) is 3.55. The van der Waals surface area contributed by atoms with E-state index in [1.807, 2.05) is 0 Å². The zero-order valence-electron chi connectivity index (χ0n) is 6.74. The predicted molar refractivity (Wildman–Crippen MR) is 50.0 cm³/mol. The van der Waals surface area contributed by atoms with Gasteiger partial charge in [-0.3, -0.25) is 0 Å². The lowest BCUT2D eigenvalue weighted by Crippen LogP contribution is -2.02. The van der Waals surface area contributed by atoms with Gasteiger partial charge in [0, 0.05) is 0 Å². The highest BCUT2D eigenvalue weighted by atomic mass is 16.4. The van der Waals surface area contributed by atoms with E-state index in [-0.39, 0.29) is 0 Å². The average Bonchev–Trinajstić information content (AvgIpc) is 2.34. The highest BCUT2D eigenvalue weighted by Gasteiger charge is 2.04. The first-order valence-corrected chi connectivity index (χ1v) is 3.75. The minimum Gasteiger partial charge on any atom is -0.386 e. The zero-order chi connectivity index (χ0) is 9.42. The normalized spacial score (nSPS) is 10.5. The zero-order valence-corrected chi connectivity index (χ0v) is 6.74. The van der Waals surface area contributed by atoms with E-state index in [1.165, 1.54) is 6.08 Å². The molecule has 0 aliphatic rings. The van der Waals surface area contributed by atoms with Crippen LogP contribution in [0.3, 0.4) is 0 Å². The summed E-state index contributed by atoms with van der Waals surface area (Å²) in [5.41, 5.74) is -0.582. The van der Waals surface area contributed by atoms with Gasteiger partial charge in [-0.25, -0.2) is 9.59 Å². The summed E-state index contributed by atoms with van der Waals surface area (Å²) in [6.07, 6.45) is 1.53. The Morgan fingerprint density at radius 1 is 1.23 bits per heavy atom. The second kappa shape index (κ2) is 2.55. The van der Waals surface area contributed by atoms with Crippen LogP contribution in [-0.4, -0.2) is 0 Å². The van der Waals surface area contributed by atoms with Crippen LogP contribution in [0.25, 0.3) is 16.8 Å². The molecular weight excluding hydrogens is 168 g/mol. The molecule has 0 amide bonds. The largest absolute Gasteiger partial charge is 0.386 e. The Labute approximate surface area is 73.3 Å². The van der Waals surface area contributed by atoms with Gasteiger partial charge in [-0.05, 0) is 23.8 Å². The van der Waals surface area contributed by atoms with E-state index in [0.717, 1.165) is 0 Å². The maximum Gasteiger partial charge on any atom is 0.346 e. The molecule has 0 saturated heterocycles. The summed E-state index contributed by atoms with van der Waals surface area (Å²) < 4.78 is 4.52. The fraction of sp³-hybridized carbons (Fsp3) is 0. The third kappa shape index (κ3) is 1.05. The van der Waals surface area contributed by atoms with Gasteiger partial charge in [-0.2, -0.15) is 0 Å². The Kier molecular flexibility index (Phi) is 1.52. The molecule has 0 unspecified atom stereocenters. The van der Waals surface area contributed by atoms with Crippen molar-refractivity contribution in [3.63, 3.8) is 0 Å². The van der Waals surface area contributed by atoms with Crippen LogP contribution < -0.4 is 11.3 Å². The summed E-state index contributed by atoms with van der Waals surface area (Å²) in [5, 5.41) is 0.758. The average molecular weight is 174 g/mol. The SMILES string of the molecule is C=Cc1cc2ccc1c(=O)oc2=O. The van der Waals surface area contributed by atoms with Gasteiger partial charge in [0.15, 0.2) is 0 Å². The smallest absolute Gasteiger partial charge is 0.346 e. The topological polar surface area (TPSA) is 47.3 Å². The fourth-order valence-corrected chi connectivity index (χ4v) is 1.24. The first-order chi connectivity index (χ1) is 6.22. The van der Waals surface area contributed by atoms with Gasteiger partial charge in [0.25, 0.3) is 0 Å². The predicted octanol–water partition coefficient (Wildman–Crippen LogP) is 1.23. The molecule has 0 fully saturated rings. The van der Waals surface area contributed by atoms with Crippen LogP contribution >= 0.6 is 0 Å². The van der Waals surface area contributed by atoms with Crippen molar-refractivity contribution in [3.8, 4) is 0 Å². The van der Waals surface area contributed by atoms with E-state index in [1.54, 1.807) is 18.2 Å².